The maximum atomic E-state index is 10.8. The summed E-state index contributed by atoms with van der Waals surface area (Å²) in [5, 5.41) is 21.0. The molecule has 2 nitrogen and oxygen atoms in total. The Hall–Kier alpha value is -0.0800. The molecule has 0 radical (unpaired) electrons. The van der Waals surface area contributed by atoms with Gasteiger partial charge in [0.25, 0.3) is 0 Å². The summed E-state index contributed by atoms with van der Waals surface area (Å²) in [7, 11) is 0. The molecule has 2 heteroatoms. The molecule has 5 aliphatic carbocycles. The van der Waals surface area contributed by atoms with E-state index >= 15 is 0 Å². The summed E-state index contributed by atoms with van der Waals surface area (Å²) in [6.07, 6.45) is 14.0. The molecule has 5 fully saturated rings. The van der Waals surface area contributed by atoms with E-state index in [2.05, 4.69) is 48.5 Å². The van der Waals surface area contributed by atoms with Crippen molar-refractivity contribution in [2.75, 3.05) is 6.61 Å². The first kappa shape index (κ1) is 23.7. The highest BCUT2D eigenvalue weighted by atomic mass is 16.3. The molecule has 0 amide bonds. The zero-order valence-electron chi connectivity index (χ0n) is 22.3. The number of fused-ring (bicyclic) bond motifs is 7. The van der Waals surface area contributed by atoms with Crippen LogP contribution in [0.25, 0.3) is 0 Å². The fraction of sp³-hybridized carbons (Fsp3) is 1.00. The molecule has 0 bridgehead atoms. The molecule has 11 atom stereocenters. The Morgan fingerprint density at radius 3 is 1.97 bits per heavy atom. The normalized spacial score (nSPS) is 62.3. The van der Waals surface area contributed by atoms with Gasteiger partial charge >= 0.3 is 0 Å². The van der Waals surface area contributed by atoms with Crippen LogP contribution in [-0.4, -0.2) is 22.9 Å². The van der Waals surface area contributed by atoms with Gasteiger partial charge in [-0.2, -0.15) is 0 Å². The van der Waals surface area contributed by atoms with Gasteiger partial charge in [-0.25, -0.2) is 0 Å². The molecule has 5 aliphatic rings. The Kier molecular flexibility index (Phi) is 5.17. The third kappa shape index (κ3) is 2.78. The van der Waals surface area contributed by atoms with E-state index in [1.807, 2.05) is 0 Å². The monoisotopic (exact) mass is 444 g/mol. The molecule has 5 rings (SSSR count). The van der Waals surface area contributed by atoms with Gasteiger partial charge in [-0.3, -0.25) is 0 Å². The quantitative estimate of drug-likeness (QED) is 0.448. The number of rotatable bonds is 1. The van der Waals surface area contributed by atoms with Crippen LogP contribution in [0, 0.1) is 56.2 Å². The largest absolute Gasteiger partial charge is 0.396 e. The smallest absolute Gasteiger partial charge is 0.0571 e. The van der Waals surface area contributed by atoms with Gasteiger partial charge in [0.1, 0.15) is 0 Å². The topological polar surface area (TPSA) is 40.5 Å². The van der Waals surface area contributed by atoms with Crippen molar-refractivity contribution in [3.05, 3.63) is 0 Å². The summed E-state index contributed by atoms with van der Waals surface area (Å²) in [5.74, 6) is 2.74. The molecule has 32 heavy (non-hydrogen) atoms. The van der Waals surface area contributed by atoms with E-state index in [0.717, 1.165) is 24.2 Å². The van der Waals surface area contributed by atoms with Gasteiger partial charge in [0, 0.05) is 6.61 Å². The molecule has 0 aromatic rings. The molecular weight excluding hydrogens is 392 g/mol. The van der Waals surface area contributed by atoms with Gasteiger partial charge < -0.3 is 10.2 Å². The molecule has 0 spiro atoms. The van der Waals surface area contributed by atoms with Crippen LogP contribution in [0.3, 0.4) is 0 Å². The summed E-state index contributed by atoms with van der Waals surface area (Å²) < 4.78 is 0. The second kappa shape index (κ2) is 6.99. The first-order chi connectivity index (χ1) is 14.8. The van der Waals surface area contributed by atoms with E-state index in [-0.39, 0.29) is 11.5 Å². The fourth-order valence-corrected chi connectivity index (χ4v) is 11.4. The van der Waals surface area contributed by atoms with E-state index in [4.69, 9.17) is 0 Å². The molecule has 0 unspecified atom stereocenters. The molecule has 2 N–H and O–H groups in total. The van der Waals surface area contributed by atoms with E-state index in [0.29, 0.717) is 39.6 Å². The zero-order chi connectivity index (χ0) is 23.4. The Bertz CT molecular complexity index is 764. The Morgan fingerprint density at radius 2 is 1.28 bits per heavy atom. The van der Waals surface area contributed by atoms with Crippen LogP contribution < -0.4 is 0 Å². The van der Waals surface area contributed by atoms with Crippen molar-refractivity contribution >= 4 is 0 Å². The van der Waals surface area contributed by atoms with Crippen molar-refractivity contribution in [3.8, 4) is 0 Å². The highest BCUT2D eigenvalue weighted by Crippen LogP contribution is 2.78. The highest BCUT2D eigenvalue weighted by Gasteiger charge is 2.70. The maximum Gasteiger partial charge on any atom is 0.0571 e. The van der Waals surface area contributed by atoms with Gasteiger partial charge in [0.15, 0.2) is 0 Å². The highest BCUT2D eigenvalue weighted by molar-refractivity contribution is 5.19. The van der Waals surface area contributed by atoms with Crippen LogP contribution >= 0.6 is 0 Å². The molecule has 184 valence electrons. The minimum Gasteiger partial charge on any atom is -0.396 e. The molecule has 0 saturated heterocycles. The minimum atomic E-state index is -0.102. The first-order valence-corrected chi connectivity index (χ1v) is 14.1. The molecule has 0 heterocycles. The minimum absolute atomic E-state index is 0.102. The predicted molar refractivity (Wildman–Crippen MR) is 132 cm³/mol. The SMILES string of the molecule is C[C@H]1[C@H](O)CC[C@@H]2[C@]1(C)CC[C@H]1[C@@]2(C)CC[C@@]2(C)[C@@H]3C[C@@](C)(CO)CC[C@]3(C)CC[C@]12C. The van der Waals surface area contributed by atoms with E-state index < -0.39 is 0 Å². The van der Waals surface area contributed by atoms with Crippen molar-refractivity contribution in [3.63, 3.8) is 0 Å². The van der Waals surface area contributed by atoms with Crippen LogP contribution in [0.4, 0.5) is 0 Å². The summed E-state index contributed by atoms with van der Waals surface area (Å²) in [6, 6.07) is 0. The third-order valence-corrected chi connectivity index (χ3v) is 14.2. The van der Waals surface area contributed by atoms with Gasteiger partial charge in [-0.15, -0.1) is 0 Å². The van der Waals surface area contributed by atoms with Gasteiger partial charge in [-0.05, 0) is 127 Å². The number of hydrogen-bond acceptors (Lipinski definition) is 2. The number of hydrogen-bond donors (Lipinski definition) is 2. The Balaban J connectivity index is 1.53. The van der Waals surface area contributed by atoms with Crippen LogP contribution in [-0.2, 0) is 0 Å². The lowest BCUT2D eigenvalue weighted by molar-refractivity contribution is -0.264. The van der Waals surface area contributed by atoms with Gasteiger partial charge in [0.05, 0.1) is 6.10 Å². The average Bonchev–Trinajstić information content (AvgIpc) is 2.75. The standard InChI is InChI=1S/C30H52O2/c1-20-21(32)8-9-22-27(20,4)11-10-23-28(22,5)15-17-30(7)24-18-25(2,19-31)12-13-26(24,3)14-16-29(23,30)6/h20-24,31-32H,8-19H2,1-7H3/t20-,21+,22+,23-,24+,25-,26+,27+,28-,29+,30-/m0/s1. The second-order valence-corrected chi connectivity index (χ2v) is 15.3. The first-order valence-electron chi connectivity index (χ1n) is 14.1. The van der Waals surface area contributed by atoms with E-state index in [9.17, 15) is 10.2 Å². The zero-order valence-corrected chi connectivity index (χ0v) is 22.3. The average molecular weight is 445 g/mol. The van der Waals surface area contributed by atoms with Crippen LogP contribution in [0.1, 0.15) is 119 Å². The van der Waals surface area contributed by atoms with Crippen molar-refractivity contribution in [2.45, 2.75) is 125 Å². The molecular formula is C30H52O2. The summed E-state index contributed by atoms with van der Waals surface area (Å²) in [5.41, 5.74) is 2.08. The van der Waals surface area contributed by atoms with Gasteiger partial charge in [0.2, 0.25) is 0 Å². The van der Waals surface area contributed by atoms with Crippen molar-refractivity contribution in [1.29, 1.82) is 0 Å². The maximum absolute atomic E-state index is 10.8. The second-order valence-electron chi connectivity index (χ2n) is 15.3. The summed E-state index contributed by atoms with van der Waals surface area (Å²) in [4.78, 5) is 0. The van der Waals surface area contributed by atoms with Crippen LogP contribution in [0.5, 0.6) is 0 Å². The molecule has 0 aromatic carbocycles. The molecule has 5 saturated carbocycles. The fourth-order valence-electron chi connectivity index (χ4n) is 11.4. The lowest BCUT2D eigenvalue weighted by Crippen LogP contribution is -2.68. The lowest BCUT2D eigenvalue weighted by Gasteiger charge is -2.75. The van der Waals surface area contributed by atoms with Crippen molar-refractivity contribution in [2.24, 2.45) is 56.2 Å². The van der Waals surface area contributed by atoms with Gasteiger partial charge in [-0.1, -0.05) is 48.5 Å². The van der Waals surface area contributed by atoms with Crippen molar-refractivity contribution < 1.29 is 10.2 Å². The van der Waals surface area contributed by atoms with Crippen LogP contribution in [0.2, 0.25) is 0 Å². The number of aliphatic hydroxyl groups excluding tert-OH is 2. The van der Waals surface area contributed by atoms with E-state index in [1.54, 1.807) is 0 Å². The van der Waals surface area contributed by atoms with Crippen molar-refractivity contribution in [1.82, 2.24) is 0 Å². The van der Waals surface area contributed by atoms with E-state index in [1.165, 1.54) is 64.2 Å². The third-order valence-electron chi connectivity index (χ3n) is 14.2. The predicted octanol–water partition coefficient (Wildman–Crippen LogP) is 7.22. The summed E-state index contributed by atoms with van der Waals surface area (Å²) in [6.45, 7) is 18.3. The molecule has 0 aliphatic heterocycles. The number of aliphatic hydroxyl groups is 2. The lowest BCUT2D eigenvalue weighted by atomic mass is 9.30. The van der Waals surface area contributed by atoms with Crippen LogP contribution in [0.15, 0.2) is 0 Å². The Morgan fingerprint density at radius 1 is 0.656 bits per heavy atom. The Labute approximate surface area is 198 Å². The summed E-state index contributed by atoms with van der Waals surface area (Å²) >= 11 is 0. The molecule has 0 aromatic heterocycles.